The second-order valence-electron chi connectivity index (χ2n) is 4.25. The Hall–Kier alpha value is -2.31. The Morgan fingerprint density at radius 1 is 1.05 bits per heavy atom. The zero-order chi connectivity index (χ0) is 15.6. The Balaban J connectivity index is 2.16. The predicted octanol–water partition coefficient (Wildman–Crippen LogP) is 4.14. The molecule has 0 aliphatic rings. The van der Waals surface area contributed by atoms with Gasteiger partial charge < -0.3 is 10.5 Å². The van der Waals surface area contributed by atoms with E-state index in [2.05, 4.69) is 0 Å². The lowest BCUT2D eigenvalue weighted by molar-refractivity contribution is -0.137. The van der Waals surface area contributed by atoms with Crippen molar-refractivity contribution in [3.8, 4) is 5.75 Å². The van der Waals surface area contributed by atoms with Crippen LogP contribution in [0.25, 0.3) is 0 Å². The van der Waals surface area contributed by atoms with Crippen molar-refractivity contribution >= 4 is 5.69 Å². The number of benzene rings is 2. The van der Waals surface area contributed by atoms with Crippen molar-refractivity contribution in [2.75, 3.05) is 5.73 Å². The normalized spacial score (nSPS) is 11.5. The molecule has 2 nitrogen and oxygen atoms in total. The standard InChI is InChI=1S/C14H10F5NO/c15-10-3-1-2-8(13(10)16)7-21-12-5-4-9(6-11(12)20)14(17,18)19/h1-6H,7,20H2. The summed E-state index contributed by atoms with van der Waals surface area (Å²) in [5.74, 6) is -2.13. The highest BCUT2D eigenvalue weighted by atomic mass is 19.4. The predicted molar refractivity (Wildman–Crippen MR) is 66.5 cm³/mol. The Morgan fingerprint density at radius 2 is 1.76 bits per heavy atom. The average Bonchev–Trinajstić information content (AvgIpc) is 2.40. The first-order valence-corrected chi connectivity index (χ1v) is 5.81. The van der Waals surface area contributed by atoms with Gasteiger partial charge in [-0.15, -0.1) is 0 Å². The number of rotatable bonds is 3. The van der Waals surface area contributed by atoms with E-state index in [4.69, 9.17) is 10.5 Å². The first-order chi connectivity index (χ1) is 9.79. The third-order valence-electron chi connectivity index (χ3n) is 2.75. The molecule has 2 aromatic rings. The monoisotopic (exact) mass is 303 g/mol. The molecular weight excluding hydrogens is 293 g/mol. The van der Waals surface area contributed by atoms with Crippen LogP contribution in [0.3, 0.4) is 0 Å². The van der Waals surface area contributed by atoms with Crippen molar-refractivity contribution < 1.29 is 26.7 Å². The van der Waals surface area contributed by atoms with E-state index in [-0.39, 0.29) is 23.6 Å². The van der Waals surface area contributed by atoms with Crippen LogP contribution >= 0.6 is 0 Å². The van der Waals surface area contributed by atoms with Crippen LogP contribution in [-0.2, 0) is 12.8 Å². The third kappa shape index (κ3) is 3.42. The van der Waals surface area contributed by atoms with Gasteiger partial charge in [0.25, 0.3) is 0 Å². The van der Waals surface area contributed by atoms with Gasteiger partial charge in [0.15, 0.2) is 11.6 Å². The van der Waals surface area contributed by atoms with Crippen molar-refractivity contribution in [1.82, 2.24) is 0 Å². The van der Waals surface area contributed by atoms with E-state index in [9.17, 15) is 22.0 Å². The fourth-order valence-electron chi connectivity index (χ4n) is 1.67. The lowest BCUT2D eigenvalue weighted by Gasteiger charge is -2.12. The molecular formula is C14H10F5NO. The summed E-state index contributed by atoms with van der Waals surface area (Å²) in [7, 11) is 0. The SMILES string of the molecule is Nc1cc(C(F)(F)F)ccc1OCc1cccc(F)c1F. The second-order valence-corrected chi connectivity index (χ2v) is 4.25. The summed E-state index contributed by atoms with van der Waals surface area (Å²) >= 11 is 0. The topological polar surface area (TPSA) is 35.2 Å². The van der Waals surface area contributed by atoms with Crippen molar-refractivity contribution in [1.29, 1.82) is 0 Å². The minimum absolute atomic E-state index is 0.0355. The van der Waals surface area contributed by atoms with Crippen LogP contribution in [0.15, 0.2) is 36.4 Å². The molecule has 0 fully saturated rings. The Morgan fingerprint density at radius 3 is 2.38 bits per heavy atom. The Kier molecular flexibility index (Phi) is 4.02. The molecule has 2 aromatic carbocycles. The van der Waals surface area contributed by atoms with Gasteiger partial charge in [0.2, 0.25) is 0 Å². The molecule has 112 valence electrons. The highest BCUT2D eigenvalue weighted by Crippen LogP contribution is 2.34. The third-order valence-corrected chi connectivity index (χ3v) is 2.75. The highest BCUT2D eigenvalue weighted by molar-refractivity contribution is 5.54. The molecule has 0 aromatic heterocycles. The van der Waals surface area contributed by atoms with Crippen LogP contribution in [0.4, 0.5) is 27.6 Å². The van der Waals surface area contributed by atoms with Gasteiger partial charge in [0.05, 0.1) is 11.3 Å². The lowest BCUT2D eigenvalue weighted by Crippen LogP contribution is -2.07. The molecule has 0 saturated carbocycles. The maximum atomic E-state index is 13.4. The molecule has 2 rings (SSSR count). The second kappa shape index (κ2) is 5.59. The highest BCUT2D eigenvalue weighted by Gasteiger charge is 2.30. The van der Waals surface area contributed by atoms with E-state index in [1.165, 1.54) is 12.1 Å². The van der Waals surface area contributed by atoms with E-state index in [1.807, 2.05) is 0 Å². The molecule has 0 saturated heterocycles. The fourth-order valence-corrected chi connectivity index (χ4v) is 1.67. The quantitative estimate of drug-likeness (QED) is 0.683. The van der Waals surface area contributed by atoms with Crippen LogP contribution in [0, 0.1) is 11.6 Å². The molecule has 0 unspecified atom stereocenters. The van der Waals surface area contributed by atoms with E-state index in [0.29, 0.717) is 0 Å². The van der Waals surface area contributed by atoms with E-state index in [1.54, 1.807) is 0 Å². The molecule has 0 aliphatic carbocycles. The maximum Gasteiger partial charge on any atom is 0.416 e. The van der Waals surface area contributed by atoms with Gasteiger partial charge in [-0.2, -0.15) is 13.2 Å². The number of alkyl halides is 3. The van der Waals surface area contributed by atoms with Crippen LogP contribution in [0.5, 0.6) is 5.75 Å². The molecule has 21 heavy (non-hydrogen) atoms. The summed E-state index contributed by atoms with van der Waals surface area (Å²) < 4.78 is 68.9. The van der Waals surface area contributed by atoms with Crippen molar-refractivity contribution in [3.05, 3.63) is 59.2 Å². The molecule has 0 spiro atoms. The maximum absolute atomic E-state index is 13.4. The number of nitrogens with two attached hydrogens (primary N) is 1. The van der Waals surface area contributed by atoms with Crippen molar-refractivity contribution in [3.63, 3.8) is 0 Å². The average molecular weight is 303 g/mol. The summed E-state index contributed by atoms with van der Waals surface area (Å²) in [4.78, 5) is 0. The van der Waals surface area contributed by atoms with E-state index >= 15 is 0 Å². The summed E-state index contributed by atoms with van der Waals surface area (Å²) in [6.45, 7) is -0.348. The van der Waals surface area contributed by atoms with Gasteiger partial charge in [-0.1, -0.05) is 12.1 Å². The van der Waals surface area contributed by atoms with Crippen molar-refractivity contribution in [2.45, 2.75) is 12.8 Å². The first-order valence-electron chi connectivity index (χ1n) is 5.81. The lowest BCUT2D eigenvalue weighted by atomic mass is 10.2. The molecule has 0 bridgehead atoms. The molecule has 0 amide bonds. The zero-order valence-corrected chi connectivity index (χ0v) is 10.5. The zero-order valence-electron chi connectivity index (χ0n) is 10.5. The van der Waals surface area contributed by atoms with Gasteiger partial charge in [-0.25, -0.2) is 8.78 Å². The van der Waals surface area contributed by atoms with Crippen molar-refractivity contribution in [2.24, 2.45) is 0 Å². The number of hydrogen-bond acceptors (Lipinski definition) is 2. The van der Waals surface area contributed by atoms with E-state index in [0.717, 1.165) is 24.3 Å². The van der Waals surface area contributed by atoms with Gasteiger partial charge in [-0.3, -0.25) is 0 Å². The number of ether oxygens (including phenoxy) is 1. The number of nitrogen functional groups attached to an aromatic ring is 1. The molecule has 0 aliphatic heterocycles. The first kappa shape index (κ1) is 15.1. The minimum Gasteiger partial charge on any atom is -0.487 e. The van der Waals surface area contributed by atoms with Crippen LogP contribution < -0.4 is 10.5 Å². The molecule has 2 N–H and O–H groups in total. The summed E-state index contributed by atoms with van der Waals surface area (Å²) in [6, 6.07) is 6.11. The summed E-state index contributed by atoms with van der Waals surface area (Å²) in [5, 5.41) is 0. The molecule has 7 heteroatoms. The van der Waals surface area contributed by atoms with Gasteiger partial charge in [-0.05, 0) is 24.3 Å². The minimum atomic E-state index is -4.51. The largest absolute Gasteiger partial charge is 0.487 e. The summed E-state index contributed by atoms with van der Waals surface area (Å²) in [5.41, 5.74) is 4.25. The molecule has 0 radical (unpaired) electrons. The molecule has 0 atom stereocenters. The summed E-state index contributed by atoms with van der Waals surface area (Å²) in [6.07, 6.45) is -4.51. The molecule has 0 heterocycles. The Labute approximate surface area is 116 Å². The Bertz CT molecular complexity index is 654. The van der Waals surface area contributed by atoms with Crippen LogP contribution in [0.1, 0.15) is 11.1 Å². The van der Waals surface area contributed by atoms with Gasteiger partial charge in [0.1, 0.15) is 12.4 Å². The number of anilines is 1. The van der Waals surface area contributed by atoms with Crippen LogP contribution in [-0.4, -0.2) is 0 Å². The fraction of sp³-hybridized carbons (Fsp3) is 0.143. The van der Waals surface area contributed by atoms with Gasteiger partial charge in [0, 0.05) is 5.56 Å². The smallest absolute Gasteiger partial charge is 0.416 e. The van der Waals surface area contributed by atoms with Gasteiger partial charge >= 0.3 is 6.18 Å². The number of hydrogen-bond donors (Lipinski definition) is 1. The van der Waals surface area contributed by atoms with Crippen LogP contribution in [0.2, 0.25) is 0 Å². The number of halogens is 5. The van der Waals surface area contributed by atoms with E-state index < -0.39 is 23.4 Å².